The minimum Gasteiger partial charge on any atom is -0.394 e. The molecule has 0 radical (unpaired) electrons. The van der Waals surface area contributed by atoms with Gasteiger partial charge in [-0.3, -0.25) is 0 Å². The second-order valence-electron chi connectivity index (χ2n) is 24.0. The number of allylic oxidation sites excluding steroid dienone is 1. The Bertz CT molecular complexity index is 1920. The summed E-state index contributed by atoms with van der Waals surface area (Å²) in [5.41, 5.74) is 1.19. The highest BCUT2D eigenvalue weighted by molar-refractivity contribution is 5.26. The van der Waals surface area contributed by atoms with Crippen LogP contribution in [0.4, 0.5) is 0 Å². The van der Waals surface area contributed by atoms with Crippen molar-refractivity contribution in [1.82, 2.24) is 0 Å². The fourth-order valence-corrected chi connectivity index (χ4v) is 15.3. The molecule has 0 amide bonds. The smallest absolute Gasteiger partial charge is 0.187 e. The Morgan fingerprint density at radius 2 is 1.24 bits per heavy atom. The number of methoxy groups -OCH3 is 1. The lowest BCUT2D eigenvalue weighted by molar-refractivity contribution is -0.388. The number of fused-ring (bicyclic) bond motifs is 7. The summed E-state index contributed by atoms with van der Waals surface area (Å²) >= 11 is 0. The first-order valence-electron chi connectivity index (χ1n) is 27.2. The fourth-order valence-electron chi connectivity index (χ4n) is 15.3. The minimum absolute atomic E-state index is 0.00465. The summed E-state index contributed by atoms with van der Waals surface area (Å²) in [7, 11) is 1.72. The number of aliphatic hydroxyl groups excluding tert-OH is 12. The van der Waals surface area contributed by atoms with Gasteiger partial charge in [-0.1, -0.05) is 39.3 Å². The van der Waals surface area contributed by atoms with Crippen LogP contribution in [0, 0.1) is 46.3 Å². The molecule has 8 fully saturated rings. The summed E-state index contributed by atoms with van der Waals surface area (Å²) in [4.78, 5) is 0. The molecule has 3 saturated carbocycles. The lowest BCUT2D eigenvalue weighted by atomic mass is 9.47. The van der Waals surface area contributed by atoms with Gasteiger partial charge in [0.1, 0.15) is 85.5 Å². The molecular formula is C52H86O22. The molecule has 74 heavy (non-hydrogen) atoms. The maximum absolute atomic E-state index is 12.1. The molecule has 5 saturated heterocycles. The highest BCUT2D eigenvalue weighted by Gasteiger charge is 2.68. The second-order valence-corrected chi connectivity index (χ2v) is 24.0. The van der Waals surface area contributed by atoms with Gasteiger partial charge in [0, 0.05) is 19.4 Å². The summed E-state index contributed by atoms with van der Waals surface area (Å²) in [5.74, 6) is 0.884. The van der Waals surface area contributed by atoms with Crippen LogP contribution in [0.15, 0.2) is 11.6 Å². The Morgan fingerprint density at radius 1 is 0.649 bits per heavy atom. The van der Waals surface area contributed by atoms with Crippen LogP contribution in [0.1, 0.15) is 99.3 Å². The van der Waals surface area contributed by atoms with Gasteiger partial charge in [0.15, 0.2) is 30.9 Å². The molecular weight excluding hydrogens is 977 g/mol. The van der Waals surface area contributed by atoms with Gasteiger partial charge >= 0.3 is 0 Å². The molecule has 22 heteroatoms. The Morgan fingerprint density at radius 3 is 1.86 bits per heavy atom. The maximum atomic E-state index is 12.1. The molecule has 6 unspecified atom stereocenters. The van der Waals surface area contributed by atoms with Gasteiger partial charge in [-0.05, 0) is 106 Å². The zero-order chi connectivity index (χ0) is 53.5. The Hall–Kier alpha value is -1.14. The van der Waals surface area contributed by atoms with E-state index in [1.165, 1.54) is 19.4 Å². The molecule has 0 spiro atoms. The molecule has 426 valence electrons. The van der Waals surface area contributed by atoms with Crippen LogP contribution in [0.5, 0.6) is 0 Å². The third-order valence-corrected chi connectivity index (χ3v) is 19.8. The molecule has 0 aromatic heterocycles. The average molecular weight is 1060 g/mol. The van der Waals surface area contributed by atoms with E-state index in [9.17, 15) is 61.3 Å². The third kappa shape index (κ3) is 10.1. The fraction of sp³-hybridized carbons (Fsp3) is 0.962. The van der Waals surface area contributed by atoms with Crippen LogP contribution in [-0.2, 0) is 47.4 Å². The lowest BCUT2D eigenvalue weighted by Crippen LogP contribution is -2.66. The highest BCUT2D eigenvalue weighted by atomic mass is 16.8. The molecule has 0 bridgehead atoms. The molecule has 5 aliphatic heterocycles. The maximum Gasteiger partial charge on any atom is 0.187 e. The summed E-state index contributed by atoms with van der Waals surface area (Å²) in [6, 6.07) is 0. The Kier molecular flexibility index (Phi) is 17.4. The van der Waals surface area contributed by atoms with Gasteiger partial charge in [0.05, 0.1) is 44.2 Å². The van der Waals surface area contributed by atoms with Crippen LogP contribution in [0.25, 0.3) is 0 Å². The van der Waals surface area contributed by atoms with E-state index < -0.39 is 148 Å². The van der Waals surface area contributed by atoms with Crippen molar-refractivity contribution in [2.45, 2.75) is 240 Å². The zero-order valence-electron chi connectivity index (χ0n) is 43.7. The van der Waals surface area contributed by atoms with Crippen molar-refractivity contribution in [2.24, 2.45) is 46.3 Å². The van der Waals surface area contributed by atoms with Crippen molar-refractivity contribution in [3.63, 3.8) is 0 Å². The van der Waals surface area contributed by atoms with Crippen LogP contribution < -0.4 is 0 Å². The Labute approximate surface area is 432 Å². The number of hydrogen-bond acceptors (Lipinski definition) is 22. The van der Waals surface area contributed by atoms with E-state index in [2.05, 4.69) is 26.8 Å². The van der Waals surface area contributed by atoms with Gasteiger partial charge < -0.3 is 109 Å². The molecule has 9 rings (SSSR count). The van der Waals surface area contributed by atoms with Crippen molar-refractivity contribution in [2.75, 3.05) is 26.9 Å². The average Bonchev–Trinajstić information content (AvgIpc) is 3.84. The Balaban J connectivity index is 0.854. The predicted octanol–water partition coefficient (Wildman–Crippen LogP) is -1.33. The summed E-state index contributed by atoms with van der Waals surface area (Å²) in [6.45, 7) is 11.1. The molecule has 12 N–H and O–H groups in total. The van der Waals surface area contributed by atoms with E-state index in [1.54, 1.807) is 7.11 Å². The van der Waals surface area contributed by atoms with Crippen LogP contribution >= 0.6 is 0 Å². The number of ether oxygens (including phenoxy) is 10. The quantitative estimate of drug-likeness (QED) is 0.0846. The van der Waals surface area contributed by atoms with Crippen LogP contribution in [0.3, 0.4) is 0 Å². The van der Waals surface area contributed by atoms with Gasteiger partial charge in [0.25, 0.3) is 0 Å². The zero-order valence-corrected chi connectivity index (χ0v) is 43.7. The van der Waals surface area contributed by atoms with Gasteiger partial charge in [-0.25, -0.2) is 0 Å². The largest absolute Gasteiger partial charge is 0.394 e. The topological polar surface area (TPSA) is 335 Å². The predicted molar refractivity (Wildman–Crippen MR) is 254 cm³/mol. The molecule has 0 aromatic carbocycles. The first kappa shape index (κ1) is 57.5. The molecule has 9 aliphatic rings. The number of aliphatic hydroxyl groups is 12. The first-order chi connectivity index (χ1) is 35.0. The molecule has 0 aromatic rings. The van der Waals surface area contributed by atoms with E-state index in [0.717, 1.165) is 32.1 Å². The van der Waals surface area contributed by atoms with E-state index in [0.29, 0.717) is 43.4 Å². The monoisotopic (exact) mass is 1060 g/mol. The van der Waals surface area contributed by atoms with E-state index in [1.807, 2.05) is 6.92 Å². The van der Waals surface area contributed by atoms with Gasteiger partial charge in [-0.15, -0.1) is 0 Å². The van der Waals surface area contributed by atoms with E-state index in [4.69, 9.17) is 47.4 Å². The molecule has 4 aliphatic carbocycles. The molecule has 22 nitrogen and oxygen atoms in total. The lowest BCUT2D eigenvalue weighted by Gasteiger charge is -2.58. The van der Waals surface area contributed by atoms with Crippen molar-refractivity contribution >= 4 is 0 Å². The van der Waals surface area contributed by atoms with Gasteiger partial charge in [0.2, 0.25) is 0 Å². The molecule has 5 heterocycles. The minimum atomic E-state index is -1.74. The molecule has 31 atom stereocenters. The van der Waals surface area contributed by atoms with Crippen molar-refractivity contribution in [3.05, 3.63) is 11.6 Å². The summed E-state index contributed by atoms with van der Waals surface area (Å²) in [6.07, 6.45) is -19.4. The third-order valence-electron chi connectivity index (χ3n) is 19.8. The van der Waals surface area contributed by atoms with Crippen molar-refractivity contribution < 1.29 is 109 Å². The van der Waals surface area contributed by atoms with Crippen LogP contribution in [-0.4, -0.2) is 229 Å². The standard InChI is InChI=1S/C52H86O22/c1-21(20-66-46-40(61)39(60)36(57)31(18-53)70-46)10-15-52(65-7)22(2)33-30(74-52)17-29-27-9-8-25-16-26(11-13-50(25,5)28(27)12-14-51(29,33)6)69-49-45(73-48-42(63)38(59)35(56)24(4)68-48)43(64)44(32(19-54)71-49)72-47-41(62)37(58)34(55)23(3)67-47/h8,21-24,26-49,53-64H,9-20H2,1-7H3/t21-,22+,23+,24+,26+,27?,28?,29?,30?,31-,32-,33?,34+,35+,36-,37-,38-,39+,40-,41-,42-,43+,44-,45-,46-,47+,48+,49-,50+,51+,52?/m1/s1. The summed E-state index contributed by atoms with van der Waals surface area (Å²) in [5, 5.41) is 127. The SMILES string of the molecule is COC1(CC[C@@H](C)CO[C@@H]2O[C@H](CO)[C@@H](O)[C@H](O)[C@H]2O)OC2CC3C4CC=C5C[C@@H](O[C@@H]6O[C@H](CO)[C@@H](O[C@@H]7O[C@@H](C)[C@H](O)[C@@H](O)[C@H]7O)[C@H](O)[C@H]6O[C@@H]6O[C@@H](C)[C@H](O)[C@@H](O)[C@H]6O)CC[C@]5(C)C4CC[C@]3(C)C2[C@@H]1C. The van der Waals surface area contributed by atoms with Crippen molar-refractivity contribution in [1.29, 1.82) is 0 Å². The van der Waals surface area contributed by atoms with Gasteiger partial charge in [-0.2, -0.15) is 0 Å². The first-order valence-corrected chi connectivity index (χ1v) is 27.2. The van der Waals surface area contributed by atoms with Crippen LogP contribution in [0.2, 0.25) is 0 Å². The van der Waals surface area contributed by atoms with E-state index >= 15 is 0 Å². The second kappa shape index (κ2) is 22.4. The number of hydrogen-bond donors (Lipinski definition) is 12. The van der Waals surface area contributed by atoms with Crippen molar-refractivity contribution in [3.8, 4) is 0 Å². The van der Waals surface area contributed by atoms with E-state index in [-0.39, 0.29) is 41.3 Å². The summed E-state index contributed by atoms with van der Waals surface area (Å²) < 4.78 is 61.5. The highest BCUT2D eigenvalue weighted by Crippen LogP contribution is 2.70. The normalized spacial score (nSPS) is 54.9. The number of rotatable bonds is 15.